The van der Waals surface area contributed by atoms with Crippen LogP contribution in [-0.2, 0) is 32.7 Å². The van der Waals surface area contributed by atoms with Crippen molar-refractivity contribution in [2.75, 3.05) is 26.4 Å². The van der Waals surface area contributed by atoms with Gasteiger partial charge in [-0.15, -0.1) is 0 Å². The molecule has 0 spiro atoms. The number of aryl methyl sites for hydroxylation is 3. The number of ether oxygens (including phenoxy) is 2. The minimum atomic E-state index is -3.79. The largest absolute Gasteiger partial charge is 0.530 e. The molecule has 0 aliphatic heterocycles. The molecule has 1 rings (SSSR count). The Morgan fingerprint density at radius 1 is 0.650 bits per heavy atom. The average Bonchev–Trinajstić information content (AvgIpc) is 2.92. The molecule has 8 nitrogen and oxygen atoms in total. The molecule has 1 aromatic rings. The van der Waals surface area contributed by atoms with Crippen LogP contribution in [0.1, 0.15) is 93.7 Å². The highest BCUT2D eigenvalue weighted by Crippen LogP contribution is 2.51. The Bertz CT molecular complexity index is 892. The maximum absolute atomic E-state index is 13.6. The lowest BCUT2D eigenvalue weighted by atomic mass is 10.1. The van der Waals surface area contributed by atoms with Gasteiger partial charge >= 0.3 is 19.8 Å². The average molecular weight is 581 g/mol. The van der Waals surface area contributed by atoms with E-state index in [-0.39, 0.29) is 25.2 Å². The zero-order chi connectivity index (χ0) is 29.6. The molecule has 0 N–H and O–H groups in total. The maximum atomic E-state index is 13.6. The minimum Gasteiger partial charge on any atom is -0.463 e. The Morgan fingerprint density at radius 2 is 1.00 bits per heavy atom. The van der Waals surface area contributed by atoms with Gasteiger partial charge in [0.05, 0.1) is 26.4 Å². The molecule has 0 aliphatic rings. The summed E-state index contributed by atoms with van der Waals surface area (Å²) >= 11 is 0. The number of benzene rings is 1. The zero-order valence-corrected chi connectivity index (χ0v) is 25.6. The first-order valence-corrected chi connectivity index (χ1v) is 15.9. The van der Waals surface area contributed by atoms with E-state index in [9.17, 15) is 14.2 Å². The van der Waals surface area contributed by atoms with E-state index >= 15 is 0 Å². The van der Waals surface area contributed by atoms with E-state index in [1.807, 2.05) is 32.9 Å². The molecule has 9 heteroatoms. The van der Waals surface area contributed by atoms with Gasteiger partial charge in [0.1, 0.15) is 5.75 Å². The van der Waals surface area contributed by atoms with E-state index < -0.39 is 7.82 Å². The SMILES string of the molecule is C=CC(=O)OCCCCCCCCOP(=O)(OCCCCCCCCOC(=O)C=C)Oc1c(C)cc(C)cc1C. The summed E-state index contributed by atoms with van der Waals surface area (Å²) in [5, 5.41) is 0. The highest BCUT2D eigenvalue weighted by molar-refractivity contribution is 7.48. The van der Waals surface area contributed by atoms with Gasteiger partial charge < -0.3 is 14.0 Å². The summed E-state index contributed by atoms with van der Waals surface area (Å²) in [6, 6.07) is 3.98. The molecule has 0 saturated carbocycles. The molecule has 0 aliphatic carbocycles. The lowest BCUT2D eigenvalue weighted by Gasteiger charge is -2.21. The fourth-order valence-corrected chi connectivity index (χ4v) is 5.55. The number of hydrogen-bond acceptors (Lipinski definition) is 8. The minimum absolute atomic E-state index is 0.286. The molecule has 0 unspecified atom stereocenters. The number of esters is 2. The lowest BCUT2D eigenvalue weighted by molar-refractivity contribution is -0.138. The van der Waals surface area contributed by atoms with Crippen molar-refractivity contribution in [3.05, 3.63) is 54.1 Å². The quantitative estimate of drug-likeness (QED) is 0.0522. The molecule has 226 valence electrons. The third kappa shape index (κ3) is 16.6. The number of unbranched alkanes of at least 4 members (excludes halogenated alkanes) is 10. The highest BCUT2D eigenvalue weighted by atomic mass is 31.2. The monoisotopic (exact) mass is 580 g/mol. The number of rotatable bonds is 24. The van der Waals surface area contributed by atoms with Gasteiger partial charge in [0.2, 0.25) is 0 Å². The molecule has 0 aromatic heterocycles. The molecular weight excluding hydrogens is 531 g/mol. The summed E-state index contributed by atoms with van der Waals surface area (Å²) in [4.78, 5) is 22.1. The van der Waals surface area contributed by atoms with Crippen LogP contribution in [0.5, 0.6) is 5.75 Å². The van der Waals surface area contributed by atoms with Crippen LogP contribution in [0.3, 0.4) is 0 Å². The van der Waals surface area contributed by atoms with Gasteiger partial charge in [-0.25, -0.2) is 14.2 Å². The van der Waals surface area contributed by atoms with Crippen LogP contribution < -0.4 is 4.52 Å². The second-order valence-electron chi connectivity index (χ2n) is 9.92. The van der Waals surface area contributed by atoms with E-state index in [0.717, 1.165) is 93.7 Å². The van der Waals surface area contributed by atoms with Crippen LogP contribution in [0, 0.1) is 20.8 Å². The van der Waals surface area contributed by atoms with Gasteiger partial charge in [0.25, 0.3) is 0 Å². The van der Waals surface area contributed by atoms with Crippen molar-refractivity contribution >= 4 is 19.8 Å². The van der Waals surface area contributed by atoms with Crippen LogP contribution in [0.25, 0.3) is 0 Å². The Kier molecular flexibility index (Phi) is 19.0. The molecule has 0 atom stereocenters. The standard InChI is InChI=1S/C31H49O8P/c1-6-29(32)35-20-16-12-8-10-14-18-22-37-40(34,39-31-27(4)24-26(3)25-28(31)5)38-23-19-15-11-9-13-17-21-36-30(33)7-2/h6-7,24-25H,1-2,8-23H2,3-5H3. The van der Waals surface area contributed by atoms with E-state index in [1.54, 1.807) is 0 Å². The van der Waals surface area contributed by atoms with Crippen molar-refractivity contribution < 1.29 is 37.2 Å². The lowest BCUT2D eigenvalue weighted by Crippen LogP contribution is -2.07. The summed E-state index contributed by atoms with van der Waals surface area (Å²) in [5.74, 6) is -0.228. The van der Waals surface area contributed by atoms with Crippen LogP contribution in [0.2, 0.25) is 0 Å². The van der Waals surface area contributed by atoms with Gasteiger partial charge in [-0.1, -0.05) is 82.2 Å². The molecule has 0 saturated heterocycles. The van der Waals surface area contributed by atoms with E-state index in [0.29, 0.717) is 19.0 Å². The van der Waals surface area contributed by atoms with Crippen molar-refractivity contribution in [3.63, 3.8) is 0 Å². The van der Waals surface area contributed by atoms with Gasteiger partial charge in [-0.05, 0) is 57.6 Å². The number of phosphoric acid groups is 1. The Morgan fingerprint density at radius 3 is 1.38 bits per heavy atom. The van der Waals surface area contributed by atoms with E-state index in [1.165, 1.54) is 12.2 Å². The Labute approximate surface area is 241 Å². The summed E-state index contributed by atoms with van der Waals surface area (Å²) in [6.07, 6.45) is 13.4. The first-order valence-electron chi connectivity index (χ1n) is 14.5. The van der Waals surface area contributed by atoms with Crippen molar-refractivity contribution in [2.24, 2.45) is 0 Å². The summed E-state index contributed by atoms with van der Waals surface area (Å²) in [7, 11) is -3.79. The topological polar surface area (TPSA) is 97.4 Å². The van der Waals surface area contributed by atoms with Gasteiger partial charge in [-0.3, -0.25) is 9.05 Å². The molecule has 1 aromatic carbocycles. The molecule has 0 fully saturated rings. The fourth-order valence-electron chi connectivity index (χ4n) is 4.15. The smallest absolute Gasteiger partial charge is 0.463 e. The fraction of sp³-hybridized carbons (Fsp3) is 0.613. The summed E-state index contributed by atoms with van der Waals surface area (Å²) in [6.45, 7) is 14.0. The third-order valence-electron chi connectivity index (χ3n) is 6.21. The van der Waals surface area contributed by atoms with E-state index in [4.69, 9.17) is 23.0 Å². The van der Waals surface area contributed by atoms with Crippen LogP contribution in [0.4, 0.5) is 0 Å². The molecular formula is C31H49O8P. The second-order valence-corrected chi connectivity index (χ2v) is 11.5. The molecule has 40 heavy (non-hydrogen) atoms. The molecule has 0 amide bonds. The number of hydrogen-bond donors (Lipinski definition) is 0. The predicted octanol–water partition coefficient (Wildman–Crippen LogP) is 8.27. The normalized spacial score (nSPS) is 11.2. The highest BCUT2D eigenvalue weighted by Gasteiger charge is 2.30. The summed E-state index contributed by atoms with van der Waals surface area (Å²) in [5.41, 5.74) is 2.89. The number of carbonyl (C=O) groups excluding carboxylic acids is 2. The van der Waals surface area contributed by atoms with Crippen LogP contribution in [-0.4, -0.2) is 38.4 Å². The van der Waals surface area contributed by atoms with E-state index in [2.05, 4.69) is 13.2 Å². The summed E-state index contributed by atoms with van der Waals surface area (Å²) < 4.78 is 41.0. The van der Waals surface area contributed by atoms with Crippen molar-refractivity contribution in [2.45, 2.75) is 97.8 Å². The first kappa shape index (κ1) is 35.6. The Balaban J connectivity index is 2.41. The van der Waals surface area contributed by atoms with Crippen molar-refractivity contribution in [1.82, 2.24) is 0 Å². The first-order chi connectivity index (χ1) is 19.2. The van der Waals surface area contributed by atoms with Crippen molar-refractivity contribution in [3.8, 4) is 5.75 Å². The van der Waals surface area contributed by atoms with Crippen molar-refractivity contribution in [1.29, 1.82) is 0 Å². The zero-order valence-electron chi connectivity index (χ0n) is 24.8. The maximum Gasteiger partial charge on any atom is 0.530 e. The van der Waals surface area contributed by atoms with Gasteiger partial charge in [0, 0.05) is 12.2 Å². The molecule has 0 radical (unpaired) electrons. The Hall–Kier alpha value is -2.41. The molecule has 0 bridgehead atoms. The van der Waals surface area contributed by atoms with Crippen LogP contribution in [0.15, 0.2) is 37.4 Å². The third-order valence-corrected chi connectivity index (χ3v) is 7.61. The second kappa shape index (κ2) is 21.4. The van der Waals surface area contributed by atoms with Crippen LogP contribution >= 0.6 is 7.82 Å². The molecule has 0 heterocycles. The predicted molar refractivity (Wildman–Crippen MR) is 159 cm³/mol. The van der Waals surface area contributed by atoms with Gasteiger partial charge in [-0.2, -0.15) is 0 Å². The number of carbonyl (C=O) groups is 2. The number of phosphoric ester groups is 1. The van der Waals surface area contributed by atoms with Gasteiger partial charge in [0.15, 0.2) is 0 Å².